The molecule has 0 saturated heterocycles. The van der Waals surface area contributed by atoms with Gasteiger partial charge in [-0.25, -0.2) is 4.98 Å². The molecule has 0 atom stereocenters. The van der Waals surface area contributed by atoms with Crippen LogP contribution in [0, 0.1) is 0 Å². The maximum atomic E-state index is 13.0. The summed E-state index contributed by atoms with van der Waals surface area (Å²) in [5, 5.41) is 16.4. The van der Waals surface area contributed by atoms with Crippen molar-refractivity contribution in [1.82, 2.24) is 30.0 Å². The van der Waals surface area contributed by atoms with Crippen molar-refractivity contribution >= 4 is 22.9 Å². The molecule has 0 spiro atoms. The van der Waals surface area contributed by atoms with E-state index in [0.717, 1.165) is 12.1 Å². The second-order valence-corrected chi connectivity index (χ2v) is 7.97. The minimum atomic E-state index is -0.356. The number of rotatable bonds is 8. The molecule has 0 radical (unpaired) electrons. The summed E-state index contributed by atoms with van der Waals surface area (Å²) in [6, 6.07) is 5.02. The van der Waals surface area contributed by atoms with Gasteiger partial charge < -0.3 is 19.7 Å². The van der Waals surface area contributed by atoms with Gasteiger partial charge in [0.25, 0.3) is 11.5 Å². The number of carbonyl (C=O) groups is 1. The molecule has 11 heteroatoms. The molecule has 34 heavy (non-hydrogen) atoms. The number of hydrogen-bond donors (Lipinski definition) is 3. The number of β-amino-alcohol motifs (C(OH)–C–C–N with tert-alkyl or cyclic N) is 1. The van der Waals surface area contributed by atoms with Gasteiger partial charge in [0.05, 0.1) is 31.0 Å². The molecule has 1 amide bonds. The van der Waals surface area contributed by atoms with Crippen molar-refractivity contribution in [2.24, 2.45) is 12.0 Å². The molecule has 1 aliphatic rings. The summed E-state index contributed by atoms with van der Waals surface area (Å²) in [5.41, 5.74) is 2.20. The summed E-state index contributed by atoms with van der Waals surface area (Å²) in [6.45, 7) is 5.99. The number of aliphatic hydroxyl groups excluding tert-OH is 1. The van der Waals surface area contributed by atoms with Gasteiger partial charge >= 0.3 is 0 Å². The molecule has 0 aliphatic carbocycles. The van der Waals surface area contributed by atoms with Gasteiger partial charge in [0.1, 0.15) is 17.1 Å². The number of nitrogens with one attached hydrogen (secondary N) is 2. The summed E-state index contributed by atoms with van der Waals surface area (Å²) in [7, 11) is 1.71. The normalized spacial score (nSPS) is 13.4. The molecule has 1 aromatic carbocycles. The molecule has 3 aromatic rings. The maximum Gasteiger partial charge on any atom is 0.277 e. The Morgan fingerprint density at radius 2 is 2.15 bits per heavy atom. The molecule has 0 bridgehead atoms. The van der Waals surface area contributed by atoms with E-state index in [1.54, 1.807) is 25.2 Å². The summed E-state index contributed by atoms with van der Waals surface area (Å²) in [5.74, 6) is 0.901. The first-order chi connectivity index (χ1) is 16.5. The lowest BCUT2D eigenvalue weighted by atomic mass is 10.1. The van der Waals surface area contributed by atoms with E-state index in [1.165, 1.54) is 4.68 Å². The highest BCUT2D eigenvalue weighted by molar-refractivity contribution is 6.06. The molecule has 0 fully saturated rings. The number of aromatic nitrogens is 4. The fourth-order valence-electron chi connectivity index (χ4n) is 3.92. The lowest BCUT2D eigenvalue weighted by molar-refractivity contribution is 0.0972. The highest BCUT2D eigenvalue weighted by Gasteiger charge is 2.22. The van der Waals surface area contributed by atoms with Gasteiger partial charge in [0, 0.05) is 25.7 Å². The van der Waals surface area contributed by atoms with E-state index in [1.807, 2.05) is 18.7 Å². The molecule has 1 aliphatic heterocycles. The highest BCUT2D eigenvalue weighted by Crippen LogP contribution is 2.30. The van der Waals surface area contributed by atoms with E-state index in [0.29, 0.717) is 72.4 Å². The molecule has 4 rings (SSSR count). The second-order valence-electron chi connectivity index (χ2n) is 7.97. The predicted octanol–water partition coefficient (Wildman–Crippen LogP) is 1.07. The van der Waals surface area contributed by atoms with Crippen LogP contribution in [0.15, 0.2) is 28.0 Å². The van der Waals surface area contributed by atoms with Gasteiger partial charge in [-0.15, -0.1) is 0 Å². The number of aliphatic imine (C=N–C) groups is 1. The first-order valence-electron chi connectivity index (χ1n) is 11.4. The third kappa shape index (κ3) is 4.51. The summed E-state index contributed by atoms with van der Waals surface area (Å²) in [4.78, 5) is 39.5. The van der Waals surface area contributed by atoms with Crippen molar-refractivity contribution in [1.29, 1.82) is 0 Å². The lowest BCUT2D eigenvalue weighted by Gasteiger charge is -2.19. The molecule has 0 unspecified atom stereocenters. The third-order valence-corrected chi connectivity index (χ3v) is 5.58. The van der Waals surface area contributed by atoms with Crippen LogP contribution in [-0.4, -0.2) is 74.5 Å². The Hall–Kier alpha value is -3.73. The molecule has 2 aromatic heterocycles. The molecular formula is C23H29N7O4. The largest absolute Gasteiger partial charge is 0.493 e. The number of aryl methyl sites for hydroxylation is 2. The van der Waals surface area contributed by atoms with Crippen molar-refractivity contribution < 1.29 is 14.6 Å². The van der Waals surface area contributed by atoms with Crippen molar-refractivity contribution in [3.05, 3.63) is 39.8 Å². The summed E-state index contributed by atoms with van der Waals surface area (Å²) in [6.07, 6.45) is 1.43. The molecule has 0 saturated carbocycles. The van der Waals surface area contributed by atoms with Crippen molar-refractivity contribution in [3.8, 4) is 17.1 Å². The standard InChI is InChI=1S/C23H29N7O4/c1-4-12-34-17-7-6-14(21(32)27-23-24-8-9-30(23)10-11-31)13-15(17)20-25-18-16(5-2)28-29(3)19(18)22(33)26-20/h6-7,13,31H,4-5,8-12H2,1-3H3,(H,24,27,32)(H,25,26,33). The zero-order chi connectivity index (χ0) is 24.2. The van der Waals surface area contributed by atoms with E-state index in [-0.39, 0.29) is 18.1 Å². The van der Waals surface area contributed by atoms with Gasteiger partial charge in [0.2, 0.25) is 5.96 Å². The van der Waals surface area contributed by atoms with Crippen LogP contribution in [0.5, 0.6) is 5.75 Å². The number of amides is 1. The average Bonchev–Trinajstić information content (AvgIpc) is 3.41. The van der Waals surface area contributed by atoms with Crippen LogP contribution in [0.25, 0.3) is 22.4 Å². The molecular weight excluding hydrogens is 438 g/mol. The Kier molecular flexibility index (Phi) is 6.92. The van der Waals surface area contributed by atoms with Gasteiger partial charge in [-0.3, -0.25) is 24.6 Å². The zero-order valence-electron chi connectivity index (χ0n) is 19.6. The average molecular weight is 468 g/mol. The maximum absolute atomic E-state index is 13.0. The number of H-pyrrole nitrogens is 1. The SMILES string of the molecule is CCCOc1ccc(C(=O)NC2=NCCN2CCO)cc1-c1nc2c(CC)nn(C)c2c(=O)[nH]1. The highest BCUT2D eigenvalue weighted by atomic mass is 16.5. The zero-order valence-corrected chi connectivity index (χ0v) is 19.6. The van der Waals surface area contributed by atoms with Crippen LogP contribution in [0.2, 0.25) is 0 Å². The first-order valence-corrected chi connectivity index (χ1v) is 11.4. The Morgan fingerprint density at radius 3 is 2.88 bits per heavy atom. The third-order valence-electron chi connectivity index (χ3n) is 5.58. The van der Waals surface area contributed by atoms with Crippen molar-refractivity contribution in [2.75, 3.05) is 32.8 Å². The van der Waals surface area contributed by atoms with Crippen LogP contribution in [0.4, 0.5) is 0 Å². The van der Waals surface area contributed by atoms with Gasteiger partial charge in [-0.05, 0) is 31.0 Å². The molecule has 11 nitrogen and oxygen atoms in total. The van der Waals surface area contributed by atoms with E-state index in [2.05, 4.69) is 20.4 Å². The number of hydrogen-bond acceptors (Lipinski definition) is 8. The minimum Gasteiger partial charge on any atom is -0.493 e. The van der Waals surface area contributed by atoms with E-state index in [9.17, 15) is 14.7 Å². The topological polar surface area (TPSA) is 138 Å². The van der Waals surface area contributed by atoms with E-state index >= 15 is 0 Å². The number of ether oxygens (including phenoxy) is 1. The van der Waals surface area contributed by atoms with Gasteiger partial charge in [-0.1, -0.05) is 13.8 Å². The predicted molar refractivity (Wildman–Crippen MR) is 128 cm³/mol. The second kappa shape index (κ2) is 10.0. The number of carbonyl (C=O) groups excluding carboxylic acids is 1. The van der Waals surface area contributed by atoms with Crippen LogP contribution < -0.4 is 15.6 Å². The van der Waals surface area contributed by atoms with Crippen LogP contribution in [-0.2, 0) is 13.5 Å². The fourth-order valence-corrected chi connectivity index (χ4v) is 3.92. The molecule has 180 valence electrons. The van der Waals surface area contributed by atoms with Crippen molar-refractivity contribution in [2.45, 2.75) is 26.7 Å². The Morgan fingerprint density at radius 1 is 1.32 bits per heavy atom. The van der Waals surface area contributed by atoms with Gasteiger partial charge in [0.15, 0.2) is 5.52 Å². The summed E-state index contributed by atoms with van der Waals surface area (Å²) < 4.78 is 7.43. The van der Waals surface area contributed by atoms with Crippen LogP contribution >= 0.6 is 0 Å². The first kappa shape index (κ1) is 23.4. The van der Waals surface area contributed by atoms with Gasteiger partial charge in [-0.2, -0.15) is 5.10 Å². The molecule has 3 heterocycles. The number of aliphatic hydroxyl groups is 1. The lowest BCUT2D eigenvalue weighted by Crippen LogP contribution is -2.42. The number of guanidine groups is 1. The minimum absolute atomic E-state index is 0.0297. The van der Waals surface area contributed by atoms with E-state index < -0.39 is 0 Å². The number of benzene rings is 1. The number of aromatic amines is 1. The van der Waals surface area contributed by atoms with Crippen molar-refractivity contribution in [3.63, 3.8) is 0 Å². The van der Waals surface area contributed by atoms with Crippen LogP contribution in [0.1, 0.15) is 36.3 Å². The number of nitrogens with zero attached hydrogens (tertiary/aromatic N) is 5. The molecule has 3 N–H and O–H groups in total. The fraction of sp³-hybridized carbons (Fsp3) is 0.435. The van der Waals surface area contributed by atoms with Crippen LogP contribution in [0.3, 0.4) is 0 Å². The monoisotopic (exact) mass is 467 g/mol. The Labute approximate surface area is 196 Å². The van der Waals surface area contributed by atoms with E-state index in [4.69, 9.17) is 9.72 Å². The smallest absolute Gasteiger partial charge is 0.277 e. The Balaban J connectivity index is 1.75. The Bertz CT molecular complexity index is 1290. The summed E-state index contributed by atoms with van der Waals surface area (Å²) >= 11 is 0. The number of fused-ring (bicyclic) bond motifs is 1. The quantitative estimate of drug-likeness (QED) is 0.450.